The Bertz CT molecular complexity index is 353. The Hall–Kier alpha value is -1.14. The molecule has 0 aromatic heterocycles. The molecule has 2 heterocycles. The van der Waals surface area contributed by atoms with Crippen LogP contribution in [0.1, 0.15) is 39.5 Å². The Morgan fingerprint density at radius 2 is 2.10 bits per heavy atom. The molecule has 0 aromatic rings. The predicted octanol–water partition coefficient (Wildman–Crippen LogP) is 0.437. The van der Waals surface area contributed by atoms with E-state index in [2.05, 4.69) is 20.9 Å². The van der Waals surface area contributed by atoms with Crippen molar-refractivity contribution in [2.24, 2.45) is 0 Å². The van der Waals surface area contributed by atoms with Crippen molar-refractivity contribution in [1.82, 2.24) is 20.9 Å². The van der Waals surface area contributed by atoms with Crippen molar-refractivity contribution in [2.75, 3.05) is 19.6 Å². The van der Waals surface area contributed by atoms with Crippen LogP contribution in [0.15, 0.2) is 0 Å². The fourth-order valence-corrected chi connectivity index (χ4v) is 3.19. The molecule has 0 bridgehead atoms. The molecular weight excluding hydrogens is 256 g/mol. The fourth-order valence-electron chi connectivity index (χ4n) is 3.19. The van der Waals surface area contributed by atoms with Crippen LogP contribution in [0.2, 0.25) is 0 Å². The highest BCUT2D eigenvalue weighted by molar-refractivity contribution is 5.95. The minimum absolute atomic E-state index is 0.0324. The van der Waals surface area contributed by atoms with Crippen LogP contribution < -0.4 is 16.0 Å². The van der Waals surface area contributed by atoms with E-state index >= 15 is 0 Å². The van der Waals surface area contributed by atoms with Gasteiger partial charge in [-0.25, -0.2) is 4.79 Å². The van der Waals surface area contributed by atoms with Crippen molar-refractivity contribution >= 4 is 11.9 Å². The summed E-state index contributed by atoms with van der Waals surface area (Å²) in [5.74, 6) is -0.215. The van der Waals surface area contributed by atoms with Gasteiger partial charge < -0.3 is 10.6 Å². The van der Waals surface area contributed by atoms with E-state index < -0.39 is 6.03 Å². The molecular formula is C14H26N4O2. The highest BCUT2D eigenvalue weighted by Gasteiger charge is 2.34. The van der Waals surface area contributed by atoms with Gasteiger partial charge in [0.15, 0.2) is 0 Å². The minimum atomic E-state index is -0.403. The van der Waals surface area contributed by atoms with Gasteiger partial charge in [-0.2, -0.15) is 0 Å². The zero-order valence-corrected chi connectivity index (χ0v) is 12.4. The lowest BCUT2D eigenvalue weighted by Crippen LogP contribution is -2.50. The van der Waals surface area contributed by atoms with Gasteiger partial charge >= 0.3 is 6.03 Å². The molecule has 0 radical (unpaired) electrons. The quantitative estimate of drug-likeness (QED) is 0.699. The fraction of sp³-hybridized carbons (Fsp3) is 0.857. The van der Waals surface area contributed by atoms with Crippen LogP contribution in [0, 0.1) is 0 Å². The largest absolute Gasteiger partial charge is 0.336 e. The van der Waals surface area contributed by atoms with Crippen molar-refractivity contribution < 1.29 is 9.59 Å². The summed E-state index contributed by atoms with van der Waals surface area (Å²) in [5, 5.41) is 8.58. The van der Waals surface area contributed by atoms with E-state index in [0.29, 0.717) is 18.6 Å². The molecule has 3 amide bonds. The van der Waals surface area contributed by atoms with E-state index in [1.54, 1.807) is 0 Å². The first-order valence-electron chi connectivity index (χ1n) is 7.64. The maximum Gasteiger partial charge on any atom is 0.321 e. The number of nitrogens with one attached hydrogen (secondary N) is 3. The molecule has 0 saturated carbocycles. The summed E-state index contributed by atoms with van der Waals surface area (Å²) in [5.41, 5.74) is 0. The first-order valence-corrected chi connectivity index (χ1v) is 7.64. The van der Waals surface area contributed by atoms with Crippen LogP contribution in [0.25, 0.3) is 0 Å². The average molecular weight is 282 g/mol. The van der Waals surface area contributed by atoms with Crippen LogP contribution >= 0.6 is 0 Å². The Morgan fingerprint density at radius 1 is 1.30 bits per heavy atom. The Balaban J connectivity index is 1.79. The third kappa shape index (κ3) is 4.18. The second-order valence-electron chi connectivity index (χ2n) is 6.06. The maximum atomic E-state index is 11.9. The molecule has 2 rings (SSSR count). The second kappa shape index (κ2) is 7.04. The number of carbonyl (C=O) groups is 2. The van der Waals surface area contributed by atoms with Gasteiger partial charge in [-0.3, -0.25) is 15.0 Å². The number of nitrogens with zero attached hydrogens (tertiary/aromatic N) is 1. The molecule has 114 valence electrons. The molecule has 0 aliphatic carbocycles. The molecule has 2 aliphatic rings. The molecule has 2 atom stereocenters. The molecule has 0 aromatic carbocycles. The molecule has 2 saturated heterocycles. The molecule has 6 nitrogen and oxygen atoms in total. The van der Waals surface area contributed by atoms with Crippen LogP contribution in [0.4, 0.5) is 4.79 Å². The van der Waals surface area contributed by atoms with Gasteiger partial charge in [-0.15, -0.1) is 0 Å². The van der Waals surface area contributed by atoms with E-state index in [4.69, 9.17) is 0 Å². The summed E-state index contributed by atoms with van der Waals surface area (Å²) in [6, 6.07) is 0.580. The van der Waals surface area contributed by atoms with Crippen molar-refractivity contribution in [3.8, 4) is 0 Å². The van der Waals surface area contributed by atoms with E-state index in [1.807, 2.05) is 13.8 Å². The van der Waals surface area contributed by atoms with Gasteiger partial charge in [0.05, 0.1) is 6.54 Å². The minimum Gasteiger partial charge on any atom is -0.336 e. The summed E-state index contributed by atoms with van der Waals surface area (Å²) in [4.78, 5) is 25.6. The van der Waals surface area contributed by atoms with Crippen molar-refractivity contribution in [1.29, 1.82) is 0 Å². The lowest BCUT2D eigenvalue weighted by Gasteiger charge is -2.28. The van der Waals surface area contributed by atoms with Gasteiger partial charge in [0.1, 0.15) is 0 Å². The Morgan fingerprint density at radius 3 is 2.75 bits per heavy atom. The summed E-state index contributed by atoms with van der Waals surface area (Å²) >= 11 is 0. The van der Waals surface area contributed by atoms with Gasteiger partial charge in [-0.05, 0) is 52.6 Å². The van der Waals surface area contributed by atoms with Crippen molar-refractivity contribution in [2.45, 2.75) is 57.7 Å². The van der Waals surface area contributed by atoms with Crippen LogP contribution in [0.5, 0.6) is 0 Å². The van der Waals surface area contributed by atoms with E-state index in [9.17, 15) is 9.59 Å². The number of carbonyl (C=O) groups excluding carboxylic acids is 2. The average Bonchev–Trinajstić information content (AvgIpc) is 2.96. The van der Waals surface area contributed by atoms with E-state index in [-0.39, 0.29) is 11.9 Å². The number of hydrogen-bond donors (Lipinski definition) is 3. The van der Waals surface area contributed by atoms with Gasteiger partial charge in [0.2, 0.25) is 5.91 Å². The number of urea groups is 1. The summed E-state index contributed by atoms with van der Waals surface area (Å²) in [6.45, 7) is 6.08. The first-order chi connectivity index (χ1) is 9.56. The zero-order chi connectivity index (χ0) is 14.5. The Labute approximate surface area is 120 Å². The smallest absolute Gasteiger partial charge is 0.321 e. The van der Waals surface area contributed by atoms with Crippen molar-refractivity contribution in [3.05, 3.63) is 0 Å². The molecule has 6 heteroatoms. The summed E-state index contributed by atoms with van der Waals surface area (Å²) in [6.07, 6.45) is 4.69. The molecule has 20 heavy (non-hydrogen) atoms. The predicted molar refractivity (Wildman–Crippen MR) is 77.4 cm³/mol. The standard InChI is InChI=1S/C14H26N4O2/c1-10(2)16-14(20)17-13(19)9-18-8-4-6-12(18)11-5-3-7-15-11/h10-12,15H,3-9H2,1-2H3,(H2,16,17,19,20). The van der Waals surface area contributed by atoms with Gasteiger partial charge in [0, 0.05) is 18.1 Å². The lowest BCUT2D eigenvalue weighted by molar-refractivity contribution is -0.121. The SMILES string of the molecule is CC(C)NC(=O)NC(=O)CN1CCCC1C1CCCN1. The van der Waals surface area contributed by atoms with Crippen LogP contribution in [0.3, 0.4) is 0 Å². The van der Waals surface area contributed by atoms with Crippen LogP contribution in [-0.4, -0.2) is 54.6 Å². The van der Waals surface area contributed by atoms with Crippen LogP contribution in [-0.2, 0) is 4.79 Å². The monoisotopic (exact) mass is 282 g/mol. The van der Waals surface area contributed by atoms with Gasteiger partial charge in [-0.1, -0.05) is 0 Å². The van der Waals surface area contributed by atoms with E-state index in [1.165, 1.54) is 12.8 Å². The highest BCUT2D eigenvalue weighted by Crippen LogP contribution is 2.24. The third-order valence-corrected chi connectivity index (χ3v) is 4.00. The molecule has 2 aliphatic heterocycles. The zero-order valence-electron chi connectivity index (χ0n) is 12.4. The topological polar surface area (TPSA) is 73.5 Å². The molecule has 3 N–H and O–H groups in total. The summed E-state index contributed by atoms with van der Waals surface area (Å²) in [7, 11) is 0. The molecule has 0 spiro atoms. The molecule has 2 unspecified atom stereocenters. The van der Waals surface area contributed by atoms with Crippen molar-refractivity contribution in [3.63, 3.8) is 0 Å². The number of amides is 3. The maximum absolute atomic E-state index is 11.9. The number of hydrogen-bond acceptors (Lipinski definition) is 4. The number of imide groups is 1. The third-order valence-electron chi connectivity index (χ3n) is 4.00. The second-order valence-corrected chi connectivity index (χ2v) is 6.06. The number of rotatable bonds is 4. The number of likely N-dealkylation sites (tertiary alicyclic amines) is 1. The first kappa shape index (κ1) is 15.3. The highest BCUT2D eigenvalue weighted by atomic mass is 16.2. The van der Waals surface area contributed by atoms with Gasteiger partial charge in [0.25, 0.3) is 0 Å². The van der Waals surface area contributed by atoms with E-state index in [0.717, 1.165) is 25.9 Å². The lowest BCUT2D eigenvalue weighted by atomic mass is 10.0. The normalized spacial score (nSPS) is 26.9. The Kier molecular flexibility index (Phi) is 5.37. The summed E-state index contributed by atoms with van der Waals surface area (Å²) < 4.78 is 0. The molecule has 2 fully saturated rings.